The van der Waals surface area contributed by atoms with Gasteiger partial charge in [0.25, 0.3) is 0 Å². The summed E-state index contributed by atoms with van der Waals surface area (Å²) >= 11 is 0. The highest BCUT2D eigenvalue weighted by Gasteiger charge is 2.30. The molecule has 134 valence electrons. The number of aromatic hydroxyl groups is 1. The molecule has 0 bridgehead atoms. The van der Waals surface area contributed by atoms with Gasteiger partial charge in [0.15, 0.2) is 5.88 Å². The first-order valence-corrected chi connectivity index (χ1v) is 8.26. The maximum absolute atomic E-state index is 12.1. The molecule has 1 aromatic carbocycles. The Hall–Kier alpha value is -2.25. The molecule has 1 atom stereocenters. The van der Waals surface area contributed by atoms with Crippen molar-refractivity contribution in [2.45, 2.75) is 18.9 Å². The van der Waals surface area contributed by atoms with Gasteiger partial charge in [-0.15, -0.1) is 12.4 Å². The van der Waals surface area contributed by atoms with E-state index in [9.17, 15) is 14.7 Å². The average molecular weight is 365 g/mol. The van der Waals surface area contributed by atoms with Crippen LogP contribution in [0.25, 0.3) is 10.8 Å². The number of rotatable bonds is 2. The van der Waals surface area contributed by atoms with Gasteiger partial charge in [0.1, 0.15) is 6.04 Å². The number of piperidine rings is 1. The SMILES string of the molecule is Cl.O=C1CCC(n2cc3cc(N4CCNCC4)ccc3c2O)C(=O)N1. The molecule has 8 heteroatoms. The molecule has 1 unspecified atom stereocenters. The van der Waals surface area contributed by atoms with Crippen molar-refractivity contribution in [2.24, 2.45) is 0 Å². The largest absolute Gasteiger partial charge is 0.494 e. The molecule has 2 fully saturated rings. The van der Waals surface area contributed by atoms with E-state index in [4.69, 9.17) is 0 Å². The summed E-state index contributed by atoms with van der Waals surface area (Å²) < 4.78 is 1.58. The number of halogens is 1. The van der Waals surface area contributed by atoms with E-state index in [1.54, 1.807) is 10.8 Å². The molecule has 4 rings (SSSR count). The summed E-state index contributed by atoms with van der Waals surface area (Å²) in [6, 6.07) is 5.40. The number of nitrogens with zero attached hydrogens (tertiary/aromatic N) is 2. The van der Waals surface area contributed by atoms with Crippen LogP contribution in [0.2, 0.25) is 0 Å². The maximum Gasteiger partial charge on any atom is 0.249 e. The van der Waals surface area contributed by atoms with Crippen molar-refractivity contribution < 1.29 is 14.7 Å². The van der Waals surface area contributed by atoms with Crippen molar-refractivity contribution in [3.63, 3.8) is 0 Å². The minimum atomic E-state index is -0.544. The van der Waals surface area contributed by atoms with Crippen LogP contribution in [0.5, 0.6) is 5.88 Å². The highest BCUT2D eigenvalue weighted by atomic mass is 35.5. The van der Waals surface area contributed by atoms with E-state index in [2.05, 4.69) is 15.5 Å². The summed E-state index contributed by atoms with van der Waals surface area (Å²) in [5.41, 5.74) is 1.12. The molecule has 25 heavy (non-hydrogen) atoms. The van der Waals surface area contributed by atoms with Gasteiger partial charge in [-0.2, -0.15) is 0 Å². The average Bonchev–Trinajstić information content (AvgIpc) is 2.92. The Labute approximate surface area is 151 Å². The van der Waals surface area contributed by atoms with Crippen LogP contribution in [0.1, 0.15) is 18.9 Å². The van der Waals surface area contributed by atoms with E-state index < -0.39 is 6.04 Å². The number of piperazine rings is 1. The van der Waals surface area contributed by atoms with E-state index >= 15 is 0 Å². The number of imide groups is 1. The van der Waals surface area contributed by atoms with E-state index in [0.29, 0.717) is 6.42 Å². The summed E-state index contributed by atoms with van der Waals surface area (Å²) in [4.78, 5) is 25.7. The molecule has 1 aromatic heterocycles. The van der Waals surface area contributed by atoms with Crippen LogP contribution in [-0.2, 0) is 9.59 Å². The maximum atomic E-state index is 12.1. The van der Waals surface area contributed by atoms with Gasteiger partial charge in [-0.05, 0) is 24.6 Å². The van der Waals surface area contributed by atoms with E-state index in [0.717, 1.165) is 42.6 Å². The molecule has 0 saturated carbocycles. The number of anilines is 1. The molecule has 0 spiro atoms. The van der Waals surface area contributed by atoms with Crippen LogP contribution in [0, 0.1) is 0 Å². The summed E-state index contributed by atoms with van der Waals surface area (Å²) in [6.07, 6.45) is 2.50. The molecule has 2 aromatic rings. The van der Waals surface area contributed by atoms with Crippen molar-refractivity contribution in [3.05, 3.63) is 24.4 Å². The number of fused-ring (bicyclic) bond motifs is 1. The molecular formula is C17H21ClN4O3. The standard InChI is InChI=1S/C17H20N4O3.ClH/c22-15-4-3-14(16(23)19-15)21-10-11-9-12(1-2-13(11)17(21)24)20-7-5-18-6-8-20;/h1-2,9-10,14,18,24H,3-8H2,(H,19,22,23);1H. The Balaban J connectivity index is 0.00000182. The van der Waals surface area contributed by atoms with E-state index in [-0.39, 0.29) is 36.5 Å². The second kappa shape index (κ2) is 6.93. The highest BCUT2D eigenvalue weighted by molar-refractivity contribution is 6.00. The zero-order valence-electron chi connectivity index (χ0n) is 13.7. The summed E-state index contributed by atoms with van der Waals surface area (Å²) in [5.74, 6) is -0.538. The lowest BCUT2D eigenvalue weighted by Gasteiger charge is -2.29. The van der Waals surface area contributed by atoms with E-state index in [1.165, 1.54) is 0 Å². The molecule has 2 amide bonds. The Morgan fingerprint density at radius 3 is 2.64 bits per heavy atom. The molecule has 2 saturated heterocycles. The number of carbonyl (C=O) groups is 2. The normalized spacial score (nSPS) is 21.1. The van der Waals surface area contributed by atoms with Crippen LogP contribution in [0.3, 0.4) is 0 Å². The number of hydrogen-bond acceptors (Lipinski definition) is 5. The highest BCUT2D eigenvalue weighted by Crippen LogP contribution is 2.34. The van der Waals surface area contributed by atoms with Crippen molar-refractivity contribution in [3.8, 4) is 5.88 Å². The van der Waals surface area contributed by atoms with Gasteiger partial charge in [-0.3, -0.25) is 14.9 Å². The first kappa shape index (κ1) is 17.6. The number of carbonyl (C=O) groups excluding carboxylic acids is 2. The lowest BCUT2D eigenvalue weighted by atomic mass is 10.1. The molecule has 3 N–H and O–H groups in total. The third-order valence-electron chi connectivity index (χ3n) is 4.83. The summed E-state index contributed by atoms with van der Waals surface area (Å²) in [5, 5.41) is 17.8. The number of nitrogens with one attached hydrogen (secondary N) is 2. The van der Waals surface area contributed by atoms with Gasteiger partial charge >= 0.3 is 0 Å². The Kier molecular flexibility index (Phi) is 4.87. The first-order chi connectivity index (χ1) is 11.6. The fourth-order valence-electron chi connectivity index (χ4n) is 3.52. The smallest absolute Gasteiger partial charge is 0.249 e. The Morgan fingerprint density at radius 1 is 1.16 bits per heavy atom. The lowest BCUT2D eigenvalue weighted by Crippen LogP contribution is -2.43. The van der Waals surface area contributed by atoms with Gasteiger partial charge in [0.2, 0.25) is 11.8 Å². The van der Waals surface area contributed by atoms with Crippen molar-refractivity contribution in [1.29, 1.82) is 0 Å². The summed E-state index contributed by atoms with van der Waals surface area (Å²) in [7, 11) is 0. The number of amides is 2. The minimum Gasteiger partial charge on any atom is -0.494 e. The minimum absolute atomic E-state index is 0. The van der Waals surface area contributed by atoms with Crippen molar-refractivity contribution >= 4 is 40.7 Å². The molecule has 3 heterocycles. The second-order valence-corrected chi connectivity index (χ2v) is 6.34. The predicted octanol–water partition coefficient (Wildman–Crippen LogP) is 1.16. The number of hydrogen-bond donors (Lipinski definition) is 3. The fourth-order valence-corrected chi connectivity index (χ4v) is 3.52. The summed E-state index contributed by atoms with van der Waals surface area (Å²) in [6.45, 7) is 3.82. The van der Waals surface area contributed by atoms with Crippen LogP contribution >= 0.6 is 12.4 Å². The van der Waals surface area contributed by atoms with Gasteiger partial charge in [0.05, 0.1) is 0 Å². The number of aromatic nitrogens is 1. The lowest BCUT2D eigenvalue weighted by molar-refractivity contribution is -0.135. The third-order valence-corrected chi connectivity index (χ3v) is 4.83. The second-order valence-electron chi connectivity index (χ2n) is 6.34. The van der Waals surface area contributed by atoms with Crippen molar-refractivity contribution in [2.75, 3.05) is 31.1 Å². The molecule has 2 aliphatic rings. The molecular weight excluding hydrogens is 344 g/mol. The zero-order valence-corrected chi connectivity index (χ0v) is 14.5. The Morgan fingerprint density at radius 2 is 1.92 bits per heavy atom. The monoisotopic (exact) mass is 364 g/mol. The van der Waals surface area contributed by atoms with Crippen molar-refractivity contribution in [1.82, 2.24) is 15.2 Å². The van der Waals surface area contributed by atoms with Crippen LogP contribution in [0.4, 0.5) is 5.69 Å². The Bertz CT molecular complexity index is 814. The predicted molar refractivity (Wildman–Crippen MR) is 97.4 cm³/mol. The molecule has 7 nitrogen and oxygen atoms in total. The van der Waals surface area contributed by atoms with E-state index in [1.807, 2.05) is 18.2 Å². The van der Waals surface area contributed by atoms with Crippen LogP contribution in [-0.4, -0.2) is 47.7 Å². The molecule has 0 radical (unpaired) electrons. The van der Waals surface area contributed by atoms with Crippen LogP contribution < -0.4 is 15.5 Å². The zero-order chi connectivity index (χ0) is 16.7. The van der Waals surface area contributed by atoms with Gasteiger partial charge < -0.3 is 19.9 Å². The third kappa shape index (κ3) is 3.17. The topological polar surface area (TPSA) is 86.6 Å². The quantitative estimate of drug-likeness (QED) is 0.696. The van der Waals surface area contributed by atoms with Gasteiger partial charge in [-0.25, -0.2) is 0 Å². The fraction of sp³-hybridized carbons (Fsp3) is 0.412. The molecule has 2 aliphatic heterocycles. The van der Waals surface area contributed by atoms with Gasteiger partial charge in [-0.1, -0.05) is 0 Å². The molecule has 0 aliphatic carbocycles. The first-order valence-electron chi connectivity index (χ1n) is 8.26. The number of benzene rings is 1. The van der Waals surface area contributed by atoms with Gasteiger partial charge in [0, 0.05) is 55.3 Å². The van der Waals surface area contributed by atoms with Crippen LogP contribution in [0.15, 0.2) is 24.4 Å².